The molecule has 0 fully saturated rings. The molecule has 0 amide bonds. The lowest BCUT2D eigenvalue weighted by Crippen LogP contribution is -2.05. The van der Waals surface area contributed by atoms with Crippen LogP contribution >= 0.6 is 24.0 Å². The topological polar surface area (TPSA) is 18.5 Å². The summed E-state index contributed by atoms with van der Waals surface area (Å²) in [5.41, 5.74) is 0.985. The number of hydrogen-bond donors (Lipinski definition) is 0. The van der Waals surface area contributed by atoms with Crippen LogP contribution in [0.4, 0.5) is 0 Å². The van der Waals surface area contributed by atoms with Crippen molar-refractivity contribution in [3.63, 3.8) is 0 Å². The number of ether oxygens (including phenoxy) is 2. The maximum absolute atomic E-state index is 5.47. The van der Waals surface area contributed by atoms with Crippen LogP contribution in [0.2, 0.25) is 0 Å². The molecule has 0 aliphatic rings. The smallest absolute Gasteiger partial charge is 0.357 e. The van der Waals surface area contributed by atoms with Crippen molar-refractivity contribution < 1.29 is 9.47 Å². The van der Waals surface area contributed by atoms with Crippen molar-refractivity contribution in [1.82, 2.24) is 0 Å². The number of benzene rings is 1. The molecule has 0 aliphatic heterocycles. The quantitative estimate of drug-likeness (QED) is 0.602. The van der Waals surface area contributed by atoms with Gasteiger partial charge in [-0.15, -0.1) is 11.8 Å². The van der Waals surface area contributed by atoms with Gasteiger partial charge < -0.3 is 9.47 Å². The average molecular weight is 254 g/mol. The van der Waals surface area contributed by atoms with Gasteiger partial charge in [-0.1, -0.05) is 30.3 Å². The number of rotatable bonds is 4. The molecule has 1 aromatic rings. The minimum absolute atomic E-state index is 0.159. The fourth-order valence-corrected chi connectivity index (χ4v) is 1.70. The molecule has 0 bridgehead atoms. The number of hydrogen-bond acceptors (Lipinski definition) is 4. The summed E-state index contributed by atoms with van der Waals surface area (Å²) in [5, 5.41) is 2.06. The third-order valence-corrected chi connectivity index (χ3v) is 2.39. The molecule has 1 rings (SSSR count). The molecular weight excluding hydrogens is 240 g/mol. The highest BCUT2D eigenvalue weighted by atomic mass is 32.2. The fourth-order valence-electron chi connectivity index (χ4n) is 1.10. The van der Waals surface area contributed by atoms with E-state index >= 15 is 0 Å². The van der Waals surface area contributed by atoms with Crippen LogP contribution < -0.4 is 0 Å². The van der Waals surface area contributed by atoms with E-state index in [-0.39, 0.29) is 5.24 Å². The predicted molar refractivity (Wildman–Crippen MR) is 73.2 cm³/mol. The van der Waals surface area contributed by atoms with Gasteiger partial charge in [0, 0.05) is 23.2 Å². The molecule has 0 atom stereocenters. The summed E-state index contributed by atoms with van der Waals surface area (Å²) >= 11 is 6.51. The molecule has 1 aromatic carbocycles. The van der Waals surface area contributed by atoms with Crippen LogP contribution in [-0.2, 0) is 9.47 Å². The maximum Gasteiger partial charge on any atom is 0.357 e. The SMILES string of the molecule is CCOC(=S)O/C(=C\SC)c1ccccc1. The molecule has 0 unspecified atom stereocenters. The molecule has 86 valence electrons. The van der Waals surface area contributed by atoms with Gasteiger partial charge in [-0.25, -0.2) is 0 Å². The number of thioether (sulfide) groups is 1. The number of thiocarbonyl (C=S) groups is 1. The third-order valence-electron chi connectivity index (χ3n) is 1.74. The van der Waals surface area contributed by atoms with Crippen molar-refractivity contribution >= 4 is 35.0 Å². The Morgan fingerprint density at radius 1 is 1.38 bits per heavy atom. The Morgan fingerprint density at radius 2 is 2.06 bits per heavy atom. The van der Waals surface area contributed by atoms with E-state index in [4.69, 9.17) is 21.7 Å². The first kappa shape index (κ1) is 13.1. The average Bonchev–Trinajstić information content (AvgIpc) is 2.30. The van der Waals surface area contributed by atoms with Crippen LogP contribution in [0.25, 0.3) is 5.76 Å². The minimum atomic E-state index is 0.159. The molecule has 0 radical (unpaired) electrons. The summed E-state index contributed by atoms with van der Waals surface area (Å²) < 4.78 is 10.6. The largest absolute Gasteiger partial charge is 0.457 e. The van der Waals surface area contributed by atoms with Gasteiger partial charge in [0.05, 0.1) is 6.61 Å². The van der Waals surface area contributed by atoms with E-state index in [0.717, 1.165) is 5.56 Å². The van der Waals surface area contributed by atoms with Crippen LogP contribution in [0, 0.1) is 0 Å². The highest BCUT2D eigenvalue weighted by molar-refractivity contribution is 8.01. The molecule has 2 nitrogen and oxygen atoms in total. The van der Waals surface area contributed by atoms with E-state index in [9.17, 15) is 0 Å². The molecular formula is C12H14O2S2. The van der Waals surface area contributed by atoms with Gasteiger partial charge in [0.15, 0.2) is 0 Å². The van der Waals surface area contributed by atoms with Gasteiger partial charge in [-0.05, 0) is 13.2 Å². The summed E-state index contributed by atoms with van der Waals surface area (Å²) in [6.45, 7) is 2.39. The molecule has 0 aliphatic carbocycles. The molecule has 0 aromatic heterocycles. The highest BCUT2D eigenvalue weighted by Crippen LogP contribution is 2.19. The van der Waals surface area contributed by atoms with Crippen LogP contribution in [0.3, 0.4) is 0 Å². The zero-order valence-electron chi connectivity index (χ0n) is 9.30. The Morgan fingerprint density at radius 3 is 2.62 bits per heavy atom. The first-order valence-corrected chi connectivity index (χ1v) is 6.60. The van der Waals surface area contributed by atoms with Crippen molar-refractivity contribution in [3.8, 4) is 0 Å². The Bertz CT molecular complexity index is 361. The molecule has 0 spiro atoms. The van der Waals surface area contributed by atoms with Gasteiger partial charge in [0.2, 0.25) is 0 Å². The predicted octanol–water partition coefficient (Wildman–Crippen LogP) is 3.69. The summed E-state index contributed by atoms with van der Waals surface area (Å²) in [7, 11) is 0. The van der Waals surface area contributed by atoms with E-state index in [2.05, 4.69) is 0 Å². The lowest BCUT2D eigenvalue weighted by atomic mass is 10.2. The zero-order valence-corrected chi connectivity index (χ0v) is 10.9. The van der Waals surface area contributed by atoms with Crippen molar-refractivity contribution in [2.24, 2.45) is 0 Å². The van der Waals surface area contributed by atoms with Crippen LogP contribution in [-0.4, -0.2) is 18.1 Å². The van der Waals surface area contributed by atoms with Crippen molar-refractivity contribution in [2.75, 3.05) is 12.9 Å². The second-order valence-electron chi connectivity index (χ2n) is 2.87. The standard InChI is InChI=1S/C12H14O2S2/c1-3-13-12(15)14-11(9-16-2)10-7-5-4-6-8-10/h4-9H,3H2,1-2H3/b11-9-. The van der Waals surface area contributed by atoms with Crippen molar-refractivity contribution in [3.05, 3.63) is 41.3 Å². The molecule has 16 heavy (non-hydrogen) atoms. The fraction of sp³-hybridized carbons (Fsp3) is 0.250. The van der Waals surface area contributed by atoms with E-state index in [0.29, 0.717) is 12.4 Å². The third kappa shape index (κ3) is 4.24. The monoisotopic (exact) mass is 254 g/mol. The highest BCUT2D eigenvalue weighted by Gasteiger charge is 2.06. The molecule has 0 N–H and O–H groups in total. The Balaban J connectivity index is 2.77. The van der Waals surface area contributed by atoms with Gasteiger partial charge in [-0.3, -0.25) is 0 Å². The summed E-state index contributed by atoms with van der Waals surface area (Å²) in [6.07, 6.45) is 1.97. The molecule has 4 heteroatoms. The first-order valence-electron chi connectivity index (χ1n) is 4.91. The lowest BCUT2D eigenvalue weighted by molar-refractivity contribution is 0.252. The Labute approximate surface area is 106 Å². The van der Waals surface area contributed by atoms with Crippen LogP contribution in [0.5, 0.6) is 0 Å². The Hall–Kier alpha value is -1.00. The zero-order chi connectivity index (χ0) is 11.8. The van der Waals surface area contributed by atoms with Crippen molar-refractivity contribution in [1.29, 1.82) is 0 Å². The van der Waals surface area contributed by atoms with Gasteiger partial charge in [0.25, 0.3) is 0 Å². The van der Waals surface area contributed by atoms with Crippen LogP contribution in [0.1, 0.15) is 12.5 Å². The van der Waals surface area contributed by atoms with E-state index in [1.807, 2.05) is 48.9 Å². The molecule has 0 saturated heterocycles. The maximum atomic E-state index is 5.47. The minimum Gasteiger partial charge on any atom is -0.457 e. The van der Waals surface area contributed by atoms with E-state index in [1.165, 1.54) is 0 Å². The van der Waals surface area contributed by atoms with Gasteiger partial charge >= 0.3 is 5.24 Å². The van der Waals surface area contributed by atoms with E-state index < -0.39 is 0 Å². The summed E-state index contributed by atoms with van der Waals surface area (Å²) in [5.74, 6) is 0.714. The van der Waals surface area contributed by atoms with Crippen molar-refractivity contribution in [2.45, 2.75) is 6.92 Å². The lowest BCUT2D eigenvalue weighted by Gasteiger charge is -2.10. The molecule has 0 heterocycles. The molecule has 0 saturated carbocycles. The van der Waals surface area contributed by atoms with E-state index in [1.54, 1.807) is 11.8 Å². The summed E-state index contributed by atoms with van der Waals surface area (Å²) in [6, 6.07) is 9.81. The first-order chi connectivity index (χ1) is 7.77. The second kappa shape index (κ2) is 7.30. The van der Waals surface area contributed by atoms with Gasteiger partial charge in [-0.2, -0.15) is 0 Å². The second-order valence-corrected chi connectivity index (χ2v) is 3.91. The van der Waals surface area contributed by atoms with Crippen LogP contribution in [0.15, 0.2) is 35.7 Å². The Kier molecular flexibility index (Phi) is 5.96. The summed E-state index contributed by atoms with van der Waals surface area (Å²) in [4.78, 5) is 0. The normalized spacial score (nSPS) is 11.0. The van der Waals surface area contributed by atoms with Gasteiger partial charge in [0.1, 0.15) is 5.76 Å².